The molecular weight excluding hydrogens is 430 g/mol. The highest BCUT2D eigenvalue weighted by Gasteiger charge is 2.16. The number of hydrogen-bond donors (Lipinski definition) is 3. The summed E-state index contributed by atoms with van der Waals surface area (Å²) in [7, 11) is 0. The molecule has 1 aromatic heterocycles. The van der Waals surface area contributed by atoms with E-state index >= 15 is 0 Å². The van der Waals surface area contributed by atoms with Crippen LogP contribution in [-0.4, -0.2) is 32.8 Å². The highest BCUT2D eigenvalue weighted by atomic mass is 32.2. The molecule has 31 heavy (non-hydrogen) atoms. The van der Waals surface area contributed by atoms with Crippen molar-refractivity contribution >= 4 is 35.3 Å². The summed E-state index contributed by atoms with van der Waals surface area (Å²) < 4.78 is 7.85. The van der Waals surface area contributed by atoms with E-state index in [1.54, 1.807) is 6.20 Å². The van der Waals surface area contributed by atoms with Gasteiger partial charge in [0.05, 0.1) is 10.3 Å². The van der Waals surface area contributed by atoms with Crippen LogP contribution < -0.4 is 10.6 Å². The first-order valence-electron chi connectivity index (χ1n) is 10.7. The minimum atomic E-state index is 0.126. The number of benzene rings is 1. The van der Waals surface area contributed by atoms with Crippen LogP contribution in [0.1, 0.15) is 59.1 Å². The van der Waals surface area contributed by atoms with Crippen molar-refractivity contribution in [3.63, 3.8) is 0 Å². The van der Waals surface area contributed by atoms with Gasteiger partial charge in [-0.3, -0.25) is 0 Å². The molecule has 1 heterocycles. The third-order valence-corrected chi connectivity index (χ3v) is 6.26. The van der Waals surface area contributed by atoms with Crippen molar-refractivity contribution < 1.29 is 9.74 Å². The van der Waals surface area contributed by atoms with Crippen LogP contribution in [0.5, 0.6) is 0 Å². The largest absolute Gasteiger partial charge is 0.514 e. The summed E-state index contributed by atoms with van der Waals surface area (Å²) in [6, 6.07) is 10.4. The van der Waals surface area contributed by atoms with Crippen molar-refractivity contribution in [2.45, 2.75) is 53.5 Å². The molecule has 1 atom stereocenters. The summed E-state index contributed by atoms with van der Waals surface area (Å²) in [4.78, 5) is 0. The minimum Gasteiger partial charge on any atom is -0.514 e. The molecule has 0 unspecified atom stereocenters. The number of rotatable bonds is 13. The third kappa shape index (κ3) is 9.71. The Morgan fingerprint density at radius 2 is 1.81 bits per heavy atom. The summed E-state index contributed by atoms with van der Waals surface area (Å²) in [6.07, 6.45) is 4.88. The Hall–Kier alpha value is -2.10. The Balaban J connectivity index is 0.00000233. The second kappa shape index (κ2) is 16.6. The van der Waals surface area contributed by atoms with E-state index in [0.717, 1.165) is 36.4 Å². The quantitative estimate of drug-likeness (QED) is 0.213. The molecule has 0 bridgehead atoms. The summed E-state index contributed by atoms with van der Waals surface area (Å²) in [5, 5.41) is 25.7. The molecule has 2 rings (SSSR count). The Labute approximate surface area is 194 Å². The summed E-state index contributed by atoms with van der Waals surface area (Å²) in [6.45, 7) is 12.1. The standard InChI is InChI=1S/C20H29N5O2S2.C2H6/c1-4-10-17(16-11-8-7-9-12-16)22-20-19(23-27-24-20)21-13-14-28-18(15-26)29-25(5-2)6-3;1-2/h7-9,11-15,17,26H,4-6,10H2,1-3H3,(H,21,23)(H,22,24);1-2H3/b14-13+,18-15-;/t17-;/m1./s1. The zero-order valence-corrected chi connectivity index (χ0v) is 20.7. The van der Waals surface area contributed by atoms with E-state index in [1.807, 2.05) is 37.5 Å². The van der Waals surface area contributed by atoms with E-state index < -0.39 is 0 Å². The fourth-order valence-electron chi connectivity index (χ4n) is 2.61. The van der Waals surface area contributed by atoms with Gasteiger partial charge in [0.15, 0.2) is 0 Å². The average molecular weight is 466 g/mol. The van der Waals surface area contributed by atoms with Crippen molar-refractivity contribution in [3.05, 3.63) is 58.0 Å². The summed E-state index contributed by atoms with van der Waals surface area (Å²) in [5.74, 6) is 1.09. The molecule has 0 radical (unpaired) electrons. The lowest BCUT2D eigenvalue weighted by molar-refractivity contribution is 0.310. The lowest BCUT2D eigenvalue weighted by atomic mass is 10.0. The first-order valence-corrected chi connectivity index (χ1v) is 12.4. The second-order valence-electron chi connectivity index (χ2n) is 6.08. The molecule has 0 spiro atoms. The smallest absolute Gasteiger partial charge is 0.219 e. The Morgan fingerprint density at radius 1 is 1.13 bits per heavy atom. The Morgan fingerprint density at radius 3 is 2.42 bits per heavy atom. The molecule has 9 heteroatoms. The van der Waals surface area contributed by atoms with Crippen LogP contribution in [0.15, 0.2) is 57.1 Å². The zero-order valence-electron chi connectivity index (χ0n) is 19.0. The minimum absolute atomic E-state index is 0.126. The van der Waals surface area contributed by atoms with Gasteiger partial charge in [-0.05, 0) is 39.7 Å². The van der Waals surface area contributed by atoms with Gasteiger partial charge in [-0.1, -0.05) is 83.1 Å². The van der Waals surface area contributed by atoms with Gasteiger partial charge in [-0.25, -0.2) is 8.93 Å². The van der Waals surface area contributed by atoms with Gasteiger partial charge >= 0.3 is 0 Å². The topological polar surface area (TPSA) is 86.5 Å². The van der Waals surface area contributed by atoms with Crippen LogP contribution in [0.2, 0.25) is 0 Å². The first-order chi connectivity index (χ1) is 15.2. The molecule has 2 aromatic rings. The highest BCUT2D eigenvalue weighted by molar-refractivity contribution is 8.22. The van der Waals surface area contributed by atoms with E-state index in [9.17, 15) is 5.11 Å². The van der Waals surface area contributed by atoms with Crippen LogP contribution >= 0.6 is 23.7 Å². The molecule has 0 fully saturated rings. The number of hydrogen-bond acceptors (Lipinski definition) is 9. The van der Waals surface area contributed by atoms with Crippen LogP contribution in [0, 0.1) is 0 Å². The lowest BCUT2D eigenvalue weighted by Gasteiger charge is -2.18. The molecule has 0 aliphatic carbocycles. The SMILES string of the molecule is CC.CCC[C@@H](Nc1nonc1N/C=C/S/C(=C/O)SN(CC)CC)c1ccccc1. The maximum Gasteiger partial charge on any atom is 0.219 e. The highest BCUT2D eigenvalue weighted by Crippen LogP contribution is 2.31. The predicted octanol–water partition coefficient (Wildman–Crippen LogP) is 7.01. The number of aliphatic hydroxyl groups excluding tert-OH is 1. The average Bonchev–Trinajstić information content (AvgIpc) is 3.27. The molecule has 0 amide bonds. The number of aromatic nitrogens is 2. The van der Waals surface area contributed by atoms with E-state index in [1.165, 1.54) is 29.3 Å². The molecule has 7 nitrogen and oxygen atoms in total. The van der Waals surface area contributed by atoms with Crippen LogP contribution in [-0.2, 0) is 0 Å². The van der Waals surface area contributed by atoms with Gasteiger partial charge in [-0.2, -0.15) is 0 Å². The van der Waals surface area contributed by atoms with E-state index in [0.29, 0.717) is 11.6 Å². The normalized spacial score (nSPS) is 12.5. The molecule has 3 N–H and O–H groups in total. The number of aliphatic hydroxyl groups is 1. The summed E-state index contributed by atoms with van der Waals surface area (Å²) >= 11 is 2.94. The van der Waals surface area contributed by atoms with Gasteiger partial charge in [0.2, 0.25) is 11.6 Å². The van der Waals surface area contributed by atoms with Crippen molar-refractivity contribution in [2.75, 3.05) is 23.7 Å². The number of anilines is 2. The van der Waals surface area contributed by atoms with Gasteiger partial charge < -0.3 is 15.7 Å². The van der Waals surface area contributed by atoms with E-state index in [-0.39, 0.29) is 6.04 Å². The lowest BCUT2D eigenvalue weighted by Crippen LogP contribution is -2.13. The number of nitrogens with one attached hydrogen (secondary N) is 2. The first kappa shape index (κ1) is 26.9. The van der Waals surface area contributed by atoms with Crippen LogP contribution in [0.25, 0.3) is 0 Å². The maximum absolute atomic E-state index is 9.42. The fraction of sp³-hybridized carbons (Fsp3) is 0.455. The van der Waals surface area contributed by atoms with Crippen LogP contribution in [0.3, 0.4) is 0 Å². The number of nitrogens with zero attached hydrogens (tertiary/aromatic N) is 3. The molecule has 1 aromatic carbocycles. The summed E-state index contributed by atoms with van der Waals surface area (Å²) in [5.41, 5.74) is 1.19. The fourth-order valence-corrected chi connectivity index (χ4v) is 4.15. The van der Waals surface area contributed by atoms with Gasteiger partial charge in [0.25, 0.3) is 0 Å². The van der Waals surface area contributed by atoms with Crippen molar-refractivity contribution in [1.29, 1.82) is 0 Å². The molecule has 172 valence electrons. The van der Waals surface area contributed by atoms with Crippen molar-refractivity contribution in [2.24, 2.45) is 0 Å². The zero-order chi connectivity index (χ0) is 22.9. The van der Waals surface area contributed by atoms with Gasteiger partial charge in [0, 0.05) is 19.3 Å². The number of thioether (sulfide) groups is 1. The molecule has 0 aliphatic heterocycles. The molecule has 0 saturated heterocycles. The predicted molar refractivity (Wildman–Crippen MR) is 135 cm³/mol. The monoisotopic (exact) mass is 465 g/mol. The van der Waals surface area contributed by atoms with E-state index in [4.69, 9.17) is 4.63 Å². The second-order valence-corrected chi connectivity index (χ2v) is 8.42. The Kier molecular flexibility index (Phi) is 14.4. The van der Waals surface area contributed by atoms with Crippen molar-refractivity contribution in [3.8, 4) is 0 Å². The molecule has 0 aliphatic rings. The van der Waals surface area contributed by atoms with Crippen molar-refractivity contribution in [1.82, 2.24) is 14.6 Å². The third-order valence-electron chi connectivity index (χ3n) is 4.08. The molecular formula is C22H35N5O2S2. The van der Waals surface area contributed by atoms with Crippen LogP contribution in [0.4, 0.5) is 11.6 Å². The Bertz CT molecular complexity index is 764. The molecule has 0 saturated carbocycles. The maximum atomic E-state index is 9.42. The van der Waals surface area contributed by atoms with Gasteiger partial charge in [-0.15, -0.1) is 0 Å². The van der Waals surface area contributed by atoms with E-state index in [2.05, 4.69) is 58.2 Å². The van der Waals surface area contributed by atoms with Gasteiger partial charge in [0.1, 0.15) is 6.26 Å².